The fraction of sp³-hybridized carbons (Fsp3) is 0.485. The second-order valence-electron chi connectivity index (χ2n) is 24.3. The molecule has 2 unspecified atom stereocenters. The predicted molar refractivity (Wildman–Crippen MR) is 347 cm³/mol. The number of pyridine rings is 2. The maximum Gasteiger partial charge on any atom is 0.332 e. The fourth-order valence-electron chi connectivity index (χ4n) is 11.9. The van der Waals surface area contributed by atoms with Crippen molar-refractivity contribution in [2.45, 2.75) is 101 Å². The molecule has 4 aromatic heterocycles. The molecule has 6 aliphatic rings. The summed E-state index contributed by atoms with van der Waals surface area (Å²) in [7, 11) is 3.20. The van der Waals surface area contributed by atoms with Gasteiger partial charge in [0.25, 0.3) is 11.8 Å². The van der Waals surface area contributed by atoms with Crippen LogP contribution in [0, 0.1) is 22.7 Å². The summed E-state index contributed by atoms with van der Waals surface area (Å²) >= 11 is 0. The summed E-state index contributed by atoms with van der Waals surface area (Å²) in [6.45, 7) is 14.6. The van der Waals surface area contributed by atoms with E-state index in [1.54, 1.807) is 44.6 Å². The highest BCUT2D eigenvalue weighted by molar-refractivity contribution is 5.80. The van der Waals surface area contributed by atoms with Gasteiger partial charge in [0.2, 0.25) is 11.8 Å². The van der Waals surface area contributed by atoms with Gasteiger partial charge in [0.05, 0.1) is 88.3 Å². The first-order valence-electron chi connectivity index (χ1n) is 31.8. The Balaban J connectivity index is 0.000000195. The minimum atomic E-state index is -3.38. The van der Waals surface area contributed by atoms with Crippen molar-refractivity contribution in [3.05, 3.63) is 96.6 Å². The quantitative estimate of drug-likeness (QED) is 0.0540. The van der Waals surface area contributed by atoms with Gasteiger partial charge in [0, 0.05) is 94.0 Å². The number of hydrogen-bond donors (Lipinski definition) is 6. The molecule has 0 saturated carbocycles. The maximum absolute atomic E-state index is 14.9. The molecule has 10 heterocycles. The van der Waals surface area contributed by atoms with Crippen molar-refractivity contribution < 1.29 is 70.9 Å². The number of nitriles is 2. The summed E-state index contributed by atoms with van der Waals surface area (Å²) in [5, 5.41) is 53.9. The van der Waals surface area contributed by atoms with Gasteiger partial charge in [-0.25, -0.2) is 42.3 Å². The molecule has 31 heteroatoms. The number of anilines is 6. The Kier molecular flexibility index (Phi) is 22.7. The zero-order valence-electron chi connectivity index (χ0n) is 54.4. The number of aromatic nitrogens is 6. The molecule has 0 radical (unpaired) electrons. The van der Waals surface area contributed by atoms with E-state index in [4.69, 9.17) is 43.6 Å². The van der Waals surface area contributed by atoms with Crippen LogP contribution in [-0.4, -0.2) is 238 Å². The highest BCUT2D eigenvalue weighted by Crippen LogP contribution is 2.38. The van der Waals surface area contributed by atoms with Crippen molar-refractivity contribution in [2.24, 2.45) is 0 Å². The molecule has 6 saturated heterocycles. The Morgan fingerprint density at radius 3 is 1.48 bits per heavy atom. The molecule has 6 N–H and O–H groups in total. The number of nitrogens with zero attached hydrogens (tertiary/aromatic N) is 13. The molecule has 6 aromatic rings. The number of aliphatic hydroxyl groups excluding tert-OH is 2. The highest BCUT2D eigenvalue weighted by Gasteiger charge is 2.49. The van der Waals surface area contributed by atoms with Crippen LogP contribution in [0.15, 0.2) is 85.5 Å². The number of halogens is 4. The second kappa shape index (κ2) is 31.2. The lowest BCUT2D eigenvalue weighted by Gasteiger charge is -2.46. The van der Waals surface area contributed by atoms with Crippen LogP contribution in [0.2, 0.25) is 0 Å². The van der Waals surface area contributed by atoms with Gasteiger partial charge in [-0.15, -0.1) is 0 Å². The monoisotopic (exact) mass is 1350 g/mol. The van der Waals surface area contributed by atoms with Gasteiger partial charge in [0.1, 0.15) is 83.1 Å². The number of methoxy groups -OCH3 is 2. The fourth-order valence-corrected chi connectivity index (χ4v) is 11.9. The van der Waals surface area contributed by atoms with Crippen LogP contribution < -0.4 is 44.7 Å². The molecule has 1 amide bonds. The van der Waals surface area contributed by atoms with E-state index >= 15 is 0 Å². The Hall–Kier alpha value is -9.34. The molecule has 12 rings (SSSR count). The summed E-state index contributed by atoms with van der Waals surface area (Å²) < 4.78 is 91.8. The van der Waals surface area contributed by atoms with Crippen molar-refractivity contribution in [1.82, 2.24) is 49.9 Å². The van der Waals surface area contributed by atoms with Gasteiger partial charge in [0.15, 0.2) is 12.2 Å². The smallest absolute Gasteiger partial charge is 0.332 e. The first-order chi connectivity index (χ1) is 46.5. The average Bonchev–Trinajstić information content (AvgIpc) is 0.821. The van der Waals surface area contributed by atoms with Crippen LogP contribution in [0.1, 0.15) is 51.7 Å². The lowest BCUT2D eigenvalue weighted by atomic mass is 10.0. The van der Waals surface area contributed by atoms with E-state index in [0.29, 0.717) is 82.2 Å². The van der Waals surface area contributed by atoms with Crippen LogP contribution in [-0.2, 0) is 19.1 Å². The summed E-state index contributed by atoms with van der Waals surface area (Å²) in [6.07, 6.45) is -2.69. The molecular weight excluding hydrogens is 1270 g/mol. The number of alkyl halides is 4. The molecule has 516 valence electrons. The van der Waals surface area contributed by atoms with Gasteiger partial charge in [-0.05, 0) is 94.9 Å². The second-order valence-corrected chi connectivity index (χ2v) is 24.3. The maximum atomic E-state index is 14.9. The topological polar surface area (TPSA) is 327 Å². The molecule has 0 bridgehead atoms. The van der Waals surface area contributed by atoms with E-state index in [0.717, 1.165) is 82.0 Å². The predicted octanol–water partition coefficient (Wildman–Crippen LogP) is 5.97. The molecule has 0 spiro atoms. The summed E-state index contributed by atoms with van der Waals surface area (Å²) in [4.78, 5) is 58.7. The third kappa shape index (κ3) is 17.1. The highest BCUT2D eigenvalue weighted by atomic mass is 19.3. The van der Waals surface area contributed by atoms with E-state index in [1.807, 2.05) is 30.3 Å². The number of benzene rings is 2. The van der Waals surface area contributed by atoms with Crippen LogP contribution >= 0.6 is 0 Å². The zero-order chi connectivity index (χ0) is 69.1. The van der Waals surface area contributed by atoms with Crippen molar-refractivity contribution in [2.75, 3.05) is 127 Å². The van der Waals surface area contributed by atoms with Crippen LogP contribution in [0.3, 0.4) is 0 Å². The number of nitrogens with one attached hydrogen (secondary N) is 3. The van der Waals surface area contributed by atoms with Crippen molar-refractivity contribution >= 4 is 46.5 Å². The number of ether oxygens (including phenoxy) is 6. The molecule has 6 aliphatic heterocycles. The third-order valence-electron chi connectivity index (χ3n) is 17.4. The van der Waals surface area contributed by atoms with Gasteiger partial charge in [-0.2, -0.15) is 20.5 Å². The number of carbonyl (C=O) groups is 2. The number of aliphatic carboxylic acids is 1. The lowest BCUT2D eigenvalue weighted by Crippen LogP contribution is -2.59. The number of piperazine rings is 2. The van der Waals surface area contributed by atoms with Crippen molar-refractivity contribution in [3.8, 4) is 57.9 Å². The van der Waals surface area contributed by atoms with Crippen LogP contribution in [0.5, 0.6) is 23.3 Å². The van der Waals surface area contributed by atoms with Gasteiger partial charge in [-0.3, -0.25) is 14.6 Å². The van der Waals surface area contributed by atoms with E-state index < -0.39 is 61.2 Å². The van der Waals surface area contributed by atoms with Crippen LogP contribution in [0.4, 0.5) is 52.2 Å². The van der Waals surface area contributed by atoms with Gasteiger partial charge in [-0.1, -0.05) is 0 Å². The molecule has 6 fully saturated rings. The van der Waals surface area contributed by atoms with E-state index in [2.05, 4.69) is 80.4 Å². The third-order valence-corrected chi connectivity index (χ3v) is 17.4. The zero-order valence-corrected chi connectivity index (χ0v) is 54.4. The molecular formula is C66H78F4N16O11. The minimum absolute atomic E-state index is 0.00203. The number of likely N-dealkylation sites (tertiary alicyclic amines) is 1. The number of carboxylic acids is 1. The standard InChI is InChI=1S/C33H38F2N8O5.C30H34F2N8O3.C3H6O3/c1-20-15-41(24-16-47-17-24)10-11-43(20)26-5-7-29(40-31(26)46-3)39-30-13-25(37-19-38-30)22-4-6-27(23(12-22)14-36)48-28-8-9-42(18-33(28,34)35)32(45)21(2)44;1-19-14-39(22-15-42-16-22)9-10-40(19)24-4-6-27(38-29(24)41-2)37-28-12-23(35-18-36-28)20-3-5-25(21(11-20)13-33)43-26-7-8-34-17-30(26,31)32;1-2(4)3(5)6/h4-7,12-13,19-21,24,28,44H,8-11,15-18H2,1-3H3,(H,37,38,39,40);3-6,11-12,18-19,22,26,34H,7-10,14-17H2,1-2H3,(H,35,36,37,38);2,4H,1H3,(H,5,6)/t20-,21+,28?;19-,26?;2-/m110/s1. The van der Waals surface area contributed by atoms with E-state index in [9.17, 15) is 42.8 Å². The Labute approximate surface area is 557 Å². The normalized spacial score (nSPS) is 21.6. The first kappa shape index (κ1) is 70.5. The van der Waals surface area contributed by atoms with Crippen molar-refractivity contribution in [1.29, 1.82) is 10.5 Å². The Morgan fingerprint density at radius 1 is 0.639 bits per heavy atom. The number of carboxylic acid groups (broad SMARTS) is 1. The van der Waals surface area contributed by atoms with Gasteiger partial charge >= 0.3 is 11.9 Å². The summed E-state index contributed by atoms with van der Waals surface area (Å²) in [6, 6.07) is 26.2. The molecule has 0 aliphatic carbocycles. The number of piperidine rings is 2. The van der Waals surface area contributed by atoms with Gasteiger partial charge < -0.3 is 74.4 Å². The van der Waals surface area contributed by atoms with Crippen LogP contribution in [0.25, 0.3) is 22.5 Å². The Bertz CT molecular complexity index is 3820. The summed E-state index contributed by atoms with van der Waals surface area (Å²) in [5.74, 6) is -5.23. The number of aliphatic hydroxyl groups is 2. The number of rotatable bonds is 18. The molecule has 27 nitrogen and oxygen atoms in total. The van der Waals surface area contributed by atoms with E-state index in [-0.39, 0.29) is 48.1 Å². The number of carbonyl (C=O) groups excluding carboxylic acids is 1. The largest absolute Gasteiger partial charge is 0.483 e. The van der Waals surface area contributed by atoms with Crippen molar-refractivity contribution in [3.63, 3.8) is 0 Å². The lowest BCUT2D eigenvalue weighted by molar-refractivity contribution is -0.165. The molecule has 2 aromatic carbocycles. The number of amides is 1. The SMILES string of the molecule is COc1nc(Nc2cc(-c3ccc(OC4CCN(C(=O)[C@H](C)O)CC4(F)F)c(C#N)c3)ncn2)ccc1N1CCN(C2COC2)C[C@H]1C.COc1nc(Nc2cc(-c3ccc(OC4CCNCC4(F)F)c(C#N)c3)ncn2)ccc1N1CCN(C2COC2)C[C@H]1C.C[C@H](O)C(=O)O. The molecule has 6 atom stereocenters. The first-order valence-corrected chi connectivity index (χ1v) is 31.8. The number of hydrogen-bond acceptors (Lipinski definition) is 25. The average molecular weight is 1350 g/mol. The summed E-state index contributed by atoms with van der Waals surface area (Å²) in [5.41, 5.74) is 4.24. The minimum Gasteiger partial charge on any atom is -0.483 e. The Morgan fingerprint density at radius 2 is 1.10 bits per heavy atom. The molecule has 97 heavy (non-hydrogen) atoms. The van der Waals surface area contributed by atoms with E-state index in [1.165, 1.54) is 44.7 Å².